The van der Waals surface area contributed by atoms with E-state index >= 15 is 0 Å². The van der Waals surface area contributed by atoms with Gasteiger partial charge < -0.3 is 16.2 Å². The van der Waals surface area contributed by atoms with Crippen LogP contribution in [0.1, 0.15) is 19.4 Å². The molecule has 19 heavy (non-hydrogen) atoms. The minimum atomic E-state index is -0.0108. The molecule has 2 heterocycles. The number of nitrogens with zero attached hydrogens (tertiary/aromatic N) is 2. The Morgan fingerprint density at radius 1 is 1.53 bits per heavy atom. The molecule has 5 nitrogen and oxygen atoms in total. The molecule has 1 aromatic rings. The SMILES string of the molecule is CC(C)N1CCOC(C(N)Cc2ccnc(N)c2)C1. The molecule has 5 heteroatoms. The topological polar surface area (TPSA) is 77.4 Å². The summed E-state index contributed by atoms with van der Waals surface area (Å²) < 4.78 is 5.81. The minimum Gasteiger partial charge on any atom is -0.384 e. The van der Waals surface area contributed by atoms with Gasteiger partial charge in [-0.1, -0.05) is 0 Å². The second-order valence-electron chi connectivity index (χ2n) is 5.45. The smallest absolute Gasteiger partial charge is 0.123 e. The average Bonchev–Trinajstić information content (AvgIpc) is 2.39. The monoisotopic (exact) mass is 264 g/mol. The zero-order chi connectivity index (χ0) is 13.8. The Labute approximate surface area is 114 Å². The lowest BCUT2D eigenvalue weighted by molar-refractivity contribution is -0.0495. The fourth-order valence-electron chi connectivity index (χ4n) is 2.45. The van der Waals surface area contributed by atoms with E-state index in [9.17, 15) is 0 Å². The van der Waals surface area contributed by atoms with Gasteiger partial charge in [0, 0.05) is 31.4 Å². The number of hydrogen-bond donors (Lipinski definition) is 2. The Morgan fingerprint density at radius 2 is 2.32 bits per heavy atom. The standard InChI is InChI=1S/C14H24N4O/c1-10(2)18-5-6-19-13(9-18)12(15)7-11-3-4-17-14(16)8-11/h3-4,8,10,12-13H,5-7,9,15H2,1-2H3,(H2,16,17). The van der Waals surface area contributed by atoms with Gasteiger partial charge in [0.2, 0.25) is 0 Å². The largest absolute Gasteiger partial charge is 0.384 e. The summed E-state index contributed by atoms with van der Waals surface area (Å²) in [6, 6.07) is 4.36. The first-order valence-electron chi connectivity index (χ1n) is 6.88. The normalized spacial score (nSPS) is 22.6. The molecule has 1 fully saturated rings. The highest BCUT2D eigenvalue weighted by atomic mass is 16.5. The molecule has 4 N–H and O–H groups in total. The van der Waals surface area contributed by atoms with Gasteiger partial charge in [0.1, 0.15) is 5.82 Å². The molecule has 0 bridgehead atoms. The summed E-state index contributed by atoms with van der Waals surface area (Å²) in [5.74, 6) is 0.540. The van der Waals surface area contributed by atoms with Crippen LogP contribution < -0.4 is 11.5 Å². The van der Waals surface area contributed by atoms with Gasteiger partial charge in [0.05, 0.1) is 12.7 Å². The summed E-state index contributed by atoms with van der Waals surface area (Å²) in [5, 5.41) is 0. The second kappa shape index (κ2) is 6.32. The molecular formula is C14H24N4O. The van der Waals surface area contributed by atoms with Crippen LogP contribution in [0, 0.1) is 0 Å². The fraction of sp³-hybridized carbons (Fsp3) is 0.643. The summed E-state index contributed by atoms with van der Waals surface area (Å²) in [7, 11) is 0. The van der Waals surface area contributed by atoms with Crippen LogP contribution in [0.4, 0.5) is 5.82 Å². The highest BCUT2D eigenvalue weighted by Crippen LogP contribution is 2.14. The number of aromatic nitrogens is 1. The Balaban J connectivity index is 1.94. The molecule has 0 aliphatic carbocycles. The summed E-state index contributed by atoms with van der Waals surface area (Å²) in [5.41, 5.74) is 13.1. The molecular weight excluding hydrogens is 240 g/mol. The molecule has 2 unspecified atom stereocenters. The van der Waals surface area contributed by atoms with Gasteiger partial charge in [-0.05, 0) is 38.0 Å². The van der Waals surface area contributed by atoms with Crippen molar-refractivity contribution in [2.45, 2.75) is 38.5 Å². The number of ether oxygens (including phenoxy) is 1. The van der Waals surface area contributed by atoms with Crippen molar-refractivity contribution in [3.63, 3.8) is 0 Å². The van der Waals surface area contributed by atoms with E-state index in [0.29, 0.717) is 11.9 Å². The fourth-order valence-corrected chi connectivity index (χ4v) is 2.45. The predicted molar refractivity (Wildman–Crippen MR) is 76.8 cm³/mol. The van der Waals surface area contributed by atoms with Crippen molar-refractivity contribution in [1.29, 1.82) is 0 Å². The first-order valence-corrected chi connectivity index (χ1v) is 6.88. The summed E-state index contributed by atoms with van der Waals surface area (Å²) >= 11 is 0. The van der Waals surface area contributed by atoms with E-state index in [1.54, 1.807) is 6.20 Å². The molecule has 1 aliphatic heterocycles. The molecule has 2 rings (SSSR count). The second-order valence-corrected chi connectivity index (χ2v) is 5.45. The molecule has 106 valence electrons. The minimum absolute atomic E-state index is 0.0108. The Morgan fingerprint density at radius 3 is 3.00 bits per heavy atom. The molecule has 0 saturated carbocycles. The highest BCUT2D eigenvalue weighted by molar-refractivity contribution is 5.32. The lowest BCUT2D eigenvalue weighted by atomic mass is 10.0. The van der Waals surface area contributed by atoms with Crippen molar-refractivity contribution in [3.8, 4) is 0 Å². The van der Waals surface area contributed by atoms with Crippen LogP contribution >= 0.6 is 0 Å². The van der Waals surface area contributed by atoms with Crippen molar-refractivity contribution >= 4 is 5.82 Å². The van der Waals surface area contributed by atoms with E-state index in [-0.39, 0.29) is 12.1 Å². The van der Waals surface area contributed by atoms with E-state index in [2.05, 4.69) is 23.7 Å². The zero-order valence-corrected chi connectivity index (χ0v) is 11.7. The quantitative estimate of drug-likeness (QED) is 0.834. The van der Waals surface area contributed by atoms with Crippen molar-refractivity contribution in [3.05, 3.63) is 23.9 Å². The van der Waals surface area contributed by atoms with E-state index in [4.69, 9.17) is 16.2 Å². The summed E-state index contributed by atoms with van der Waals surface area (Å²) in [6.07, 6.45) is 2.58. The van der Waals surface area contributed by atoms with E-state index in [1.165, 1.54) is 0 Å². The van der Waals surface area contributed by atoms with Gasteiger partial charge in [-0.15, -0.1) is 0 Å². The van der Waals surface area contributed by atoms with Gasteiger partial charge in [-0.2, -0.15) is 0 Å². The average molecular weight is 264 g/mol. The van der Waals surface area contributed by atoms with Gasteiger partial charge in [-0.25, -0.2) is 4.98 Å². The number of hydrogen-bond acceptors (Lipinski definition) is 5. The molecule has 0 aromatic carbocycles. The third-order valence-corrected chi connectivity index (χ3v) is 3.65. The van der Waals surface area contributed by atoms with Crippen molar-refractivity contribution in [2.75, 3.05) is 25.4 Å². The van der Waals surface area contributed by atoms with Crippen LogP contribution in [0.2, 0.25) is 0 Å². The first-order chi connectivity index (χ1) is 9.06. The van der Waals surface area contributed by atoms with E-state index in [1.807, 2.05) is 12.1 Å². The van der Waals surface area contributed by atoms with Gasteiger partial charge in [0.25, 0.3) is 0 Å². The zero-order valence-electron chi connectivity index (χ0n) is 11.7. The van der Waals surface area contributed by atoms with E-state index in [0.717, 1.165) is 31.7 Å². The lowest BCUT2D eigenvalue weighted by Crippen LogP contribution is -2.53. The first kappa shape index (κ1) is 14.2. The van der Waals surface area contributed by atoms with Crippen LogP contribution in [0.15, 0.2) is 18.3 Å². The van der Waals surface area contributed by atoms with Gasteiger partial charge >= 0.3 is 0 Å². The maximum absolute atomic E-state index is 6.28. The Hall–Kier alpha value is -1.17. The predicted octanol–water partition coefficient (Wildman–Crippen LogP) is 0.643. The number of rotatable bonds is 4. The van der Waals surface area contributed by atoms with Gasteiger partial charge in [0.15, 0.2) is 0 Å². The lowest BCUT2D eigenvalue weighted by Gasteiger charge is -2.37. The molecule has 2 atom stereocenters. The van der Waals surface area contributed by atoms with Crippen LogP contribution in [0.5, 0.6) is 0 Å². The van der Waals surface area contributed by atoms with Crippen LogP contribution in [0.3, 0.4) is 0 Å². The molecule has 0 amide bonds. The van der Waals surface area contributed by atoms with Crippen molar-refractivity contribution < 1.29 is 4.74 Å². The Bertz CT molecular complexity index is 410. The maximum atomic E-state index is 6.28. The van der Waals surface area contributed by atoms with Crippen molar-refractivity contribution in [2.24, 2.45) is 5.73 Å². The molecule has 1 saturated heterocycles. The molecule has 0 radical (unpaired) electrons. The summed E-state index contributed by atoms with van der Waals surface area (Å²) in [4.78, 5) is 6.40. The van der Waals surface area contributed by atoms with Crippen LogP contribution in [-0.4, -0.2) is 47.8 Å². The third-order valence-electron chi connectivity index (χ3n) is 3.65. The maximum Gasteiger partial charge on any atom is 0.123 e. The van der Waals surface area contributed by atoms with Crippen LogP contribution in [-0.2, 0) is 11.2 Å². The number of pyridine rings is 1. The van der Waals surface area contributed by atoms with E-state index < -0.39 is 0 Å². The molecule has 1 aromatic heterocycles. The molecule has 1 aliphatic rings. The highest BCUT2D eigenvalue weighted by Gasteiger charge is 2.27. The van der Waals surface area contributed by atoms with Crippen molar-refractivity contribution in [1.82, 2.24) is 9.88 Å². The third kappa shape index (κ3) is 3.89. The summed E-state index contributed by atoms with van der Waals surface area (Å²) in [6.45, 7) is 7.06. The van der Waals surface area contributed by atoms with Crippen LogP contribution in [0.25, 0.3) is 0 Å². The number of anilines is 1. The number of morpholine rings is 1. The van der Waals surface area contributed by atoms with Gasteiger partial charge in [-0.3, -0.25) is 4.90 Å². The Kier molecular flexibility index (Phi) is 4.74. The number of nitrogens with two attached hydrogens (primary N) is 2. The number of nitrogen functional groups attached to an aromatic ring is 1. The molecule has 0 spiro atoms.